The number of benzene rings is 1. The lowest BCUT2D eigenvalue weighted by atomic mass is 10.1. The zero-order valence-corrected chi connectivity index (χ0v) is 13.6. The molecule has 1 aromatic carbocycles. The summed E-state index contributed by atoms with van der Waals surface area (Å²) in [6.45, 7) is 5.34. The summed E-state index contributed by atoms with van der Waals surface area (Å²) in [7, 11) is 1.30. The molecule has 2 rings (SSSR count). The molecule has 0 atom stereocenters. The zero-order valence-electron chi connectivity index (χ0n) is 13.6. The molecule has 1 heterocycles. The largest absolute Gasteiger partial charge is 0.468 e. The summed E-state index contributed by atoms with van der Waals surface area (Å²) >= 11 is 0. The van der Waals surface area contributed by atoms with Crippen molar-refractivity contribution in [3.05, 3.63) is 35.7 Å². The molecule has 0 aliphatic heterocycles. The fourth-order valence-electron chi connectivity index (χ4n) is 2.03. The summed E-state index contributed by atoms with van der Waals surface area (Å²) < 4.78 is 9.72. The quantitative estimate of drug-likeness (QED) is 0.785. The van der Waals surface area contributed by atoms with Crippen LogP contribution >= 0.6 is 0 Å². The van der Waals surface area contributed by atoms with E-state index in [1.807, 2.05) is 13.8 Å². The van der Waals surface area contributed by atoms with Gasteiger partial charge in [-0.1, -0.05) is 5.16 Å². The van der Waals surface area contributed by atoms with Crippen LogP contribution in [0.4, 0.5) is 0 Å². The summed E-state index contributed by atoms with van der Waals surface area (Å²) in [6.07, 6.45) is 0. The Bertz CT molecular complexity index is 692. The monoisotopic (exact) mass is 317 g/mol. The second-order valence-corrected chi connectivity index (χ2v) is 5.33. The van der Waals surface area contributed by atoms with Crippen LogP contribution in [0.3, 0.4) is 0 Å². The highest BCUT2D eigenvalue weighted by Gasteiger charge is 2.22. The van der Waals surface area contributed by atoms with E-state index in [2.05, 4.69) is 14.9 Å². The van der Waals surface area contributed by atoms with Crippen LogP contribution in [0.5, 0.6) is 0 Å². The maximum absolute atomic E-state index is 12.6. The van der Waals surface area contributed by atoms with E-state index in [1.54, 1.807) is 31.2 Å². The van der Waals surface area contributed by atoms with Gasteiger partial charge in [0.1, 0.15) is 6.54 Å². The first-order valence-corrected chi connectivity index (χ1v) is 7.21. The molecule has 2 aromatic rings. The number of methoxy groups -OCH3 is 1. The minimum absolute atomic E-state index is 0.0857. The average Bonchev–Trinajstić information content (AvgIpc) is 2.98. The first-order chi connectivity index (χ1) is 10.9. The van der Waals surface area contributed by atoms with Crippen LogP contribution in [0.25, 0.3) is 11.5 Å². The third-order valence-electron chi connectivity index (χ3n) is 3.32. The second-order valence-electron chi connectivity index (χ2n) is 5.33. The second kappa shape index (κ2) is 7.04. The maximum atomic E-state index is 12.6. The van der Waals surface area contributed by atoms with Gasteiger partial charge in [0.2, 0.25) is 0 Å². The van der Waals surface area contributed by atoms with Crippen molar-refractivity contribution in [3.63, 3.8) is 0 Å². The Hall–Kier alpha value is -2.70. The molecule has 7 nitrogen and oxygen atoms in total. The summed E-state index contributed by atoms with van der Waals surface area (Å²) in [5.74, 6) is 0.254. The molecule has 0 N–H and O–H groups in total. The number of carbonyl (C=O) groups is 2. The number of aryl methyl sites for hydroxylation is 1. The maximum Gasteiger partial charge on any atom is 0.325 e. The number of ether oxygens (including phenoxy) is 1. The molecule has 1 amide bonds. The third kappa shape index (κ3) is 3.94. The highest BCUT2D eigenvalue weighted by Crippen LogP contribution is 2.18. The SMILES string of the molecule is COC(=O)CN(C(=O)c1ccc(-c2nc(C)no2)cc1)C(C)C. The van der Waals surface area contributed by atoms with E-state index in [-0.39, 0.29) is 18.5 Å². The first kappa shape index (κ1) is 16.7. The van der Waals surface area contributed by atoms with Gasteiger partial charge in [-0.25, -0.2) is 0 Å². The molecule has 23 heavy (non-hydrogen) atoms. The van der Waals surface area contributed by atoms with Crippen molar-refractivity contribution < 1.29 is 18.8 Å². The van der Waals surface area contributed by atoms with Crippen LogP contribution in [0.15, 0.2) is 28.8 Å². The van der Waals surface area contributed by atoms with Crippen LogP contribution in [0.2, 0.25) is 0 Å². The van der Waals surface area contributed by atoms with Crippen LogP contribution < -0.4 is 0 Å². The van der Waals surface area contributed by atoms with Gasteiger partial charge >= 0.3 is 5.97 Å². The Morgan fingerprint density at radius 3 is 2.39 bits per heavy atom. The molecule has 1 aromatic heterocycles. The topological polar surface area (TPSA) is 85.5 Å². The molecule has 0 spiro atoms. The molecule has 0 saturated heterocycles. The summed E-state index contributed by atoms with van der Waals surface area (Å²) in [6, 6.07) is 6.68. The van der Waals surface area contributed by atoms with E-state index in [9.17, 15) is 9.59 Å². The molecule has 0 unspecified atom stereocenters. The molecular formula is C16H19N3O4. The van der Waals surface area contributed by atoms with Crippen molar-refractivity contribution in [2.45, 2.75) is 26.8 Å². The van der Waals surface area contributed by atoms with E-state index in [0.29, 0.717) is 17.3 Å². The van der Waals surface area contributed by atoms with Gasteiger partial charge in [-0.15, -0.1) is 0 Å². The van der Waals surface area contributed by atoms with Crippen LogP contribution in [0, 0.1) is 6.92 Å². The van der Waals surface area contributed by atoms with Crippen molar-refractivity contribution in [2.24, 2.45) is 0 Å². The van der Waals surface area contributed by atoms with E-state index >= 15 is 0 Å². The van der Waals surface area contributed by atoms with Gasteiger partial charge in [-0.3, -0.25) is 9.59 Å². The fraction of sp³-hybridized carbons (Fsp3) is 0.375. The highest BCUT2D eigenvalue weighted by atomic mass is 16.5. The standard InChI is InChI=1S/C16H19N3O4/c1-10(2)19(9-14(20)22-4)16(21)13-7-5-12(6-8-13)15-17-11(3)18-23-15/h5-8,10H,9H2,1-4H3. The smallest absolute Gasteiger partial charge is 0.325 e. The number of carbonyl (C=O) groups excluding carboxylic acids is 2. The molecule has 0 radical (unpaired) electrons. The van der Waals surface area contributed by atoms with Gasteiger partial charge in [-0.2, -0.15) is 4.98 Å². The van der Waals surface area contributed by atoms with Gasteiger partial charge in [0, 0.05) is 17.2 Å². The number of nitrogens with zero attached hydrogens (tertiary/aromatic N) is 3. The number of amides is 1. The van der Waals surface area contributed by atoms with Gasteiger partial charge in [-0.05, 0) is 45.0 Å². The summed E-state index contributed by atoms with van der Waals surface area (Å²) in [5.41, 5.74) is 1.20. The lowest BCUT2D eigenvalue weighted by Crippen LogP contribution is -2.41. The number of hydrogen-bond donors (Lipinski definition) is 0. The predicted octanol–water partition coefficient (Wildman–Crippen LogP) is 2.07. The Kier molecular flexibility index (Phi) is 5.10. The van der Waals surface area contributed by atoms with Crippen LogP contribution in [-0.2, 0) is 9.53 Å². The molecular weight excluding hydrogens is 298 g/mol. The first-order valence-electron chi connectivity index (χ1n) is 7.21. The molecule has 0 aliphatic carbocycles. The van der Waals surface area contributed by atoms with Crippen molar-refractivity contribution in [1.82, 2.24) is 15.0 Å². The summed E-state index contributed by atoms with van der Waals surface area (Å²) in [4.78, 5) is 29.6. The number of aromatic nitrogens is 2. The highest BCUT2D eigenvalue weighted by molar-refractivity contribution is 5.96. The van der Waals surface area contributed by atoms with Crippen LogP contribution in [0.1, 0.15) is 30.0 Å². The van der Waals surface area contributed by atoms with E-state index < -0.39 is 5.97 Å². The van der Waals surface area contributed by atoms with Crippen molar-refractivity contribution >= 4 is 11.9 Å². The van der Waals surface area contributed by atoms with Crippen LogP contribution in [-0.4, -0.2) is 46.6 Å². The molecule has 122 valence electrons. The zero-order chi connectivity index (χ0) is 17.0. The van der Waals surface area contributed by atoms with Gasteiger partial charge in [0.25, 0.3) is 11.8 Å². The van der Waals surface area contributed by atoms with Crippen molar-refractivity contribution in [3.8, 4) is 11.5 Å². The normalized spacial score (nSPS) is 10.7. The minimum atomic E-state index is -0.454. The molecule has 0 bridgehead atoms. The average molecular weight is 317 g/mol. The van der Waals surface area contributed by atoms with Gasteiger partial charge < -0.3 is 14.2 Å². The van der Waals surface area contributed by atoms with Gasteiger partial charge in [0.05, 0.1) is 7.11 Å². The molecule has 0 fully saturated rings. The lowest BCUT2D eigenvalue weighted by Gasteiger charge is -2.25. The fourth-order valence-corrected chi connectivity index (χ4v) is 2.03. The van der Waals surface area contributed by atoms with Crippen molar-refractivity contribution in [2.75, 3.05) is 13.7 Å². The Balaban J connectivity index is 2.19. The van der Waals surface area contributed by atoms with E-state index in [1.165, 1.54) is 12.0 Å². The Morgan fingerprint density at radius 2 is 1.91 bits per heavy atom. The number of esters is 1. The molecule has 7 heteroatoms. The van der Waals surface area contributed by atoms with Gasteiger partial charge in [0.15, 0.2) is 5.82 Å². The summed E-state index contributed by atoms with van der Waals surface area (Å²) in [5, 5.41) is 3.73. The Labute approximate surface area is 134 Å². The lowest BCUT2D eigenvalue weighted by molar-refractivity contribution is -0.141. The number of hydrogen-bond acceptors (Lipinski definition) is 6. The molecule has 0 aliphatic rings. The minimum Gasteiger partial charge on any atom is -0.468 e. The van der Waals surface area contributed by atoms with E-state index in [4.69, 9.17) is 4.52 Å². The predicted molar refractivity (Wildman–Crippen MR) is 82.7 cm³/mol. The van der Waals surface area contributed by atoms with E-state index in [0.717, 1.165) is 5.56 Å². The number of rotatable bonds is 5. The Morgan fingerprint density at radius 1 is 1.26 bits per heavy atom. The van der Waals surface area contributed by atoms with Crippen molar-refractivity contribution in [1.29, 1.82) is 0 Å². The molecule has 0 saturated carbocycles. The third-order valence-corrected chi connectivity index (χ3v) is 3.32.